The SMILES string of the molecule is COc1cccc([C@@H]2CCCCN2[C@H](C)c2ccccc2)c1. The van der Waals surface area contributed by atoms with Crippen molar-refractivity contribution in [1.29, 1.82) is 0 Å². The minimum atomic E-state index is 0.442. The Hall–Kier alpha value is -1.80. The van der Waals surface area contributed by atoms with Gasteiger partial charge >= 0.3 is 0 Å². The molecule has 1 fully saturated rings. The van der Waals surface area contributed by atoms with Gasteiger partial charge in [0.2, 0.25) is 0 Å². The normalized spacial score (nSPS) is 20.5. The average Bonchev–Trinajstić information content (AvgIpc) is 2.62. The van der Waals surface area contributed by atoms with Crippen LogP contribution in [-0.2, 0) is 0 Å². The molecule has 1 aliphatic rings. The summed E-state index contributed by atoms with van der Waals surface area (Å²) in [6.07, 6.45) is 3.82. The molecule has 0 amide bonds. The first-order chi connectivity index (χ1) is 10.8. The van der Waals surface area contributed by atoms with Crippen LogP contribution in [0, 0.1) is 0 Å². The number of ether oxygens (including phenoxy) is 1. The number of methoxy groups -OCH3 is 1. The third kappa shape index (κ3) is 3.17. The highest BCUT2D eigenvalue weighted by molar-refractivity contribution is 5.31. The first-order valence-electron chi connectivity index (χ1n) is 8.24. The van der Waals surface area contributed by atoms with Gasteiger partial charge in [0, 0.05) is 12.1 Å². The maximum Gasteiger partial charge on any atom is 0.119 e. The van der Waals surface area contributed by atoms with Crippen LogP contribution in [0.25, 0.3) is 0 Å². The van der Waals surface area contributed by atoms with Crippen LogP contribution in [0.2, 0.25) is 0 Å². The zero-order chi connectivity index (χ0) is 15.4. The fraction of sp³-hybridized carbons (Fsp3) is 0.400. The molecule has 0 N–H and O–H groups in total. The Morgan fingerprint density at radius 3 is 2.64 bits per heavy atom. The molecule has 22 heavy (non-hydrogen) atoms. The van der Waals surface area contributed by atoms with E-state index in [-0.39, 0.29) is 0 Å². The average molecular weight is 295 g/mol. The van der Waals surface area contributed by atoms with E-state index in [1.165, 1.54) is 30.4 Å². The molecule has 1 aliphatic heterocycles. The van der Waals surface area contributed by atoms with Gasteiger partial charge in [0.05, 0.1) is 7.11 Å². The predicted molar refractivity (Wildman–Crippen MR) is 91.1 cm³/mol. The molecular formula is C20H25NO. The molecule has 1 heterocycles. The summed E-state index contributed by atoms with van der Waals surface area (Å²) in [5.41, 5.74) is 2.78. The standard InChI is InChI=1S/C20H25NO/c1-16(17-9-4-3-5-10-17)21-14-7-6-13-20(21)18-11-8-12-19(15-18)22-2/h3-5,8-12,15-16,20H,6-7,13-14H2,1-2H3/t16-,20+/m1/s1. The molecule has 1 saturated heterocycles. The highest BCUT2D eigenvalue weighted by Crippen LogP contribution is 2.38. The van der Waals surface area contributed by atoms with Crippen molar-refractivity contribution >= 4 is 0 Å². The monoisotopic (exact) mass is 295 g/mol. The molecule has 2 heteroatoms. The fourth-order valence-corrected chi connectivity index (χ4v) is 3.55. The minimum Gasteiger partial charge on any atom is -0.497 e. The first-order valence-corrected chi connectivity index (χ1v) is 8.24. The molecule has 0 aromatic heterocycles. The van der Waals surface area contributed by atoms with E-state index < -0.39 is 0 Å². The molecule has 0 unspecified atom stereocenters. The Morgan fingerprint density at radius 2 is 1.86 bits per heavy atom. The van der Waals surface area contributed by atoms with Crippen molar-refractivity contribution in [2.24, 2.45) is 0 Å². The molecule has 2 nitrogen and oxygen atoms in total. The number of hydrogen-bond donors (Lipinski definition) is 0. The number of rotatable bonds is 4. The lowest BCUT2D eigenvalue weighted by atomic mass is 9.92. The van der Waals surface area contributed by atoms with E-state index in [1.807, 2.05) is 6.07 Å². The zero-order valence-electron chi connectivity index (χ0n) is 13.5. The van der Waals surface area contributed by atoms with Crippen molar-refractivity contribution in [3.8, 4) is 5.75 Å². The number of piperidine rings is 1. The van der Waals surface area contributed by atoms with E-state index in [1.54, 1.807) is 7.11 Å². The van der Waals surface area contributed by atoms with Gasteiger partial charge in [0.1, 0.15) is 5.75 Å². The Morgan fingerprint density at radius 1 is 1.05 bits per heavy atom. The van der Waals surface area contributed by atoms with E-state index in [2.05, 4.69) is 60.4 Å². The second-order valence-corrected chi connectivity index (χ2v) is 6.11. The summed E-state index contributed by atoms with van der Waals surface area (Å²) < 4.78 is 5.41. The Kier molecular flexibility index (Phi) is 4.79. The van der Waals surface area contributed by atoms with Crippen molar-refractivity contribution in [2.45, 2.75) is 38.3 Å². The Labute approximate surface area is 133 Å². The minimum absolute atomic E-state index is 0.442. The number of likely N-dealkylation sites (tertiary alicyclic amines) is 1. The highest BCUT2D eigenvalue weighted by Gasteiger charge is 2.28. The van der Waals surface area contributed by atoms with Gasteiger partial charge in [0.15, 0.2) is 0 Å². The topological polar surface area (TPSA) is 12.5 Å². The Bertz CT molecular complexity index is 596. The lowest BCUT2D eigenvalue weighted by Gasteiger charge is -2.40. The molecule has 0 saturated carbocycles. The molecule has 0 aliphatic carbocycles. The van der Waals surface area contributed by atoms with Crippen molar-refractivity contribution in [3.63, 3.8) is 0 Å². The molecule has 0 radical (unpaired) electrons. The molecule has 2 aromatic carbocycles. The van der Waals surface area contributed by atoms with Gasteiger partial charge < -0.3 is 4.74 Å². The molecular weight excluding hydrogens is 270 g/mol. The van der Waals surface area contributed by atoms with Crippen LogP contribution in [0.5, 0.6) is 5.75 Å². The van der Waals surface area contributed by atoms with Crippen LogP contribution >= 0.6 is 0 Å². The molecule has 0 spiro atoms. The maximum atomic E-state index is 5.41. The van der Waals surface area contributed by atoms with Crippen LogP contribution in [0.3, 0.4) is 0 Å². The first kappa shape index (κ1) is 15.1. The number of benzene rings is 2. The number of hydrogen-bond acceptors (Lipinski definition) is 2. The molecule has 3 rings (SSSR count). The number of nitrogens with zero attached hydrogens (tertiary/aromatic N) is 1. The van der Waals surface area contributed by atoms with E-state index in [0.717, 1.165) is 12.3 Å². The molecule has 2 aromatic rings. The molecule has 2 atom stereocenters. The summed E-state index contributed by atoms with van der Waals surface area (Å²) in [6.45, 7) is 3.49. The van der Waals surface area contributed by atoms with Gasteiger partial charge in [-0.05, 0) is 49.6 Å². The third-order valence-electron chi connectivity index (χ3n) is 4.80. The second kappa shape index (κ2) is 6.97. The molecule has 0 bridgehead atoms. The van der Waals surface area contributed by atoms with E-state index in [4.69, 9.17) is 4.74 Å². The van der Waals surface area contributed by atoms with Crippen LogP contribution < -0.4 is 4.74 Å². The maximum absolute atomic E-state index is 5.41. The fourth-order valence-electron chi connectivity index (χ4n) is 3.55. The van der Waals surface area contributed by atoms with E-state index in [9.17, 15) is 0 Å². The van der Waals surface area contributed by atoms with Gasteiger partial charge in [-0.2, -0.15) is 0 Å². The third-order valence-corrected chi connectivity index (χ3v) is 4.80. The lowest BCUT2D eigenvalue weighted by Crippen LogP contribution is -2.35. The summed E-state index contributed by atoms with van der Waals surface area (Å²) in [6, 6.07) is 20.3. The zero-order valence-corrected chi connectivity index (χ0v) is 13.5. The van der Waals surface area contributed by atoms with Gasteiger partial charge in [-0.3, -0.25) is 4.90 Å². The Balaban J connectivity index is 1.87. The second-order valence-electron chi connectivity index (χ2n) is 6.11. The summed E-state index contributed by atoms with van der Waals surface area (Å²) in [7, 11) is 1.74. The van der Waals surface area contributed by atoms with Gasteiger partial charge in [-0.15, -0.1) is 0 Å². The lowest BCUT2D eigenvalue weighted by molar-refractivity contribution is 0.103. The van der Waals surface area contributed by atoms with Crippen molar-refractivity contribution in [3.05, 3.63) is 65.7 Å². The van der Waals surface area contributed by atoms with Crippen LogP contribution in [0.15, 0.2) is 54.6 Å². The summed E-state index contributed by atoms with van der Waals surface area (Å²) in [5, 5.41) is 0. The van der Waals surface area contributed by atoms with Gasteiger partial charge in [-0.25, -0.2) is 0 Å². The van der Waals surface area contributed by atoms with Crippen molar-refractivity contribution in [2.75, 3.05) is 13.7 Å². The van der Waals surface area contributed by atoms with Crippen LogP contribution in [-0.4, -0.2) is 18.6 Å². The van der Waals surface area contributed by atoms with E-state index >= 15 is 0 Å². The van der Waals surface area contributed by atoms with Crippen LogP contribution in [0.4, 0.5) is 0 Å². The van der Waals surface area contributed by atoms with Crippen molar-refractivity contribution in [1.82, 2.24) is 4.90 Å². The van der Waals surface area contributed by atoms with E-state index in [0.29, 0.717) is 12.1 Å². The summed E-state index contributed by atoms with van der Waals surface area (Å²) in [4.78, 5) is 2.65. The van der Waals surface area contributed by atoms with Crippen molar-refractivity contribution < 1.29 is 4.74 Å². The van der Waals surface area contributed by atoms with Gasteiger partial charge in [-0.1, -0.05) is 48.9 Å². The molecule has 116 valence electrons. The largest absolute Gasteiger partial charge is 0.497 e. The highest BCUT2D eigenvalue weighted by atomic mass is 16.5. The quantitative estimate of drug-likeness (QED) is 0.788. The predicted octanol–water partition coefficient (Wildman–Crippen LogP) is 4.98. The summed E-state index contributed by atoms with van der Waals surface area (Å²) in [5.74, 6) is 0.954. The summed E-state index contributed by atoms with van der Waals surface area (Å²) >= 11 is 0. The smallest absolute Gasteiger partial charge is 0.119 e. The van der Waals surface area contributed by atoms with Crippen LogP contribution in [0.1, 0.15) is 49.4 Å². The van der Waals surface area contributed by atoms with Gasteiger partial charge in [0.25, 0.3) is 0 Å².